The van der Waals surface area contributed by atoms with Gasteiger partial charge in [-0.3, -0.25) is 19.0 Å². The molecule has 8 heteroatoms. The van der Waals surface area contributed by atoms with Crippen LogP contribution in [0.5, 0.6) is 0 Å². The average molecular weight is 229 g/mol. The van der Waals surface area contributed by atoms with Crippen LogP contribution in [0.15, 0.2) is 11.0 Å². The van der Waals surface area contributed by atoms with Crippen LogP contribution < -0.4 is 11.3 Å². The normalized spacial score (nSPS) is 9.88. The van der Waals surface area contributed by atoms with Crippen molar-refractivity contribution >= 4 is 11.9 Å². The highest BCUT2D eigenvalue weighted by Gasteiger charge is 2.13. The van der Waals surface area contributed by atoms with Crippen LogP contribution in [0.25, 0.3) is 0 Å². The maximum Gasteiger partial charge on any atom is 0.304 e. The lowest BCUT2D eigenvalue weighted by molar-refractivity contribution is -0.144. The van der Waals surface area contributed by atoms with Crippen molar-refractivity contribution in [3.8, 4) is 0 Å². The number of hydrogen-bond acceptors (Lipinski definition) is 5. The van der Waals surface area contributed by atoms with Crippen LogP contribution in [0.2, 0.25) is 0 Å². The van der Waals surface area contributed by atoms with Crippen molar-refractivity contribution in [2.24, 2.45) is 5.73 Å². The first-order valence-electron chi connectivity index (χ1n) is 4.12. The maximum atomic E-state index is 12.9. The molecule has 1 aromatic rings. The van der Waals surface area contributed by atoms with Crippen molar-refractivity contribution in [2.45, 2.75) is 13.7 Å². The van der Waals surface area contributed by atoms with Gasteiger partial charge in [0.1, 0.15) is 0 Å². The zero-order valence-corrected chi connectivity index (χ0v) is 8.27. The molecule has 0 aromatic carbocycles. The van der Waals surface area contributed by atoms with E-state index in [1.54, 1.807) is 0 Å². The second-order valence-electron chi connectivity index (χ2n) is 2.82. The molecule has 0 aliphatic rings. The molecule has 0 aliphatic heterocycles. The standard InChI is InChI=1S/C8H8FN3O4/c1-4(13)16-3-12-2-5(9)11-6(7(10)14)8(12)15/h2H,3H2,1H3,(H2,10,14). The van der Waals surface area contributed by atoms with Crippen LogP contribution in [0.4, 0.5) is 4.39 Å². The van der Waals surface area contributed by atoms with Crippen LogP contribution in [0.1, 0.15) is 17.4 Å². The number of rotatable bonds is 3. The van der Waals surface area contributed by atoms with Crippen molar-refractivity contribution in [1.29, 1.82) is 0 Å². The first-order valence-corrected chi connectivity index (χ1v) is 4.12. The van der Waals surface area contributed by atoms with Gasteiger partial charge in [0.15, 0.2) is 12.4 Å². The minimum atomic E-state index is -1.15. The van der Waals surface area contributed by atoms with Gasteiger partial charge < -0.3 is 10.5 Å². The summed E-state index contributed by atoms with van der Waals surface area (Å²) in [6.45, 7) is 0.617. The van der Waals surface area contributed by atoms with Gasteiger partial charge in [-0.15, -0.1) is 0 Å². The van der Waals surface area contributed by atoms with Crippen LogP contribution in [0.3, 0.4) is 0 Å². The molecule has 0 bridgehead atoms. The smallest absolute Gasteiger partial charge is 0.304 e. The van der Waals surface area contributed by atoms with Crippen molar-refractivity contribution in [1.82, 2.24) is 9.55 Å². The lowest BCUT2D eigenvalue weighted by Crippen LogP contribution is -2.32. The van der Waals surface area contributed by atoms with Crippen LogP contribution in [0, 0.1) is 5.95 Å². The number of ether oxygens (including phenoxy) is 1. The third-order valence-corrected chi connectivity index (χ3v) is 1.58. The molecule has 0 atom stereocenters. The third-order valence-electron chi connectivity index (χ3n) is 1.58. The molecule has 0 radical (unpaired) electrons. The SMILES string of the molecule is CC(=O)OCn1cc(F)nc(C(N)=O)c1=O. The van der Waals surface area contributed by atoms with E-state index in [1.165, 1.54) is 0 Å². The van der Waals surface area contributed by atoms with Crippen LogP contribution in [-0.4, -0.2) is 21.4 Å². The molecule has 1 amide bonds. The van der Waals surface area contributed by atoms with E-state index in [-0.39, 0.29) is 0 Å². The Kier molecular flexibility index (Phi) is 3.33. The van der Waals surface area contributed by atoms with Crippen molar-refractivity contribution < 1.29 is 18.7 Å². The number of carbonyl (C=O) groups is 2. The van der Waals surface area contributed by atoms with Gasteiger partial charge in [0, 0.05) is 6.92 Å². The summed E-state index contributed by atoms with van der Waals surface area (Å²) in [7, 11) is 0. The lowest BCUT2D eigenvalue weighted by Gasteiger charge is -2.06. The second kappa shape index (κ2) is 4.51. The molecule has 1 heterocycles. The van der Waals surface area contributed by atoms with E-state index in [4.69, 9.17) is 5.73 Å². The Bertz CT molecular complexity index is 497. The van der Waals surface area contributed by atoms with E-state index in [2.05, 4.69) is 9.72 Å². The van der Waals surface area contributed by atoms with Gasteiger partial charge >= 0.3 is 5.97 Å². The molecule has 0 saturated heterocycles. The summed E-state index contributed by atoms with van der Waals surface area (Å²) in [4.78, 5) is 35.7. The fourth-order valence-electron chi connectivity index (χ4n) is 0.924. The number of esters is 1. The number of halogens is 1. The number of nitrogens with two attached hydrogens (primary N) is 1. The molecular formula is C8H8FN3O4. The van der Waals surface area contributed by atoms with E-state index in [9.17, 15) is 18.8 Å². The highest BCUT2D eigenvalue weighted by Crippen LogP contribution is 1.93. The molecule has 7 nitrogen and oxygen atoms in total. The van der Waals surface area contributed by atoms with E-state index >= 15 is 0 Å². The zero-order chi connectivity index (χ0) is 12.3. The quantitative estimate of drug-likeness (QED) is 0.669. The fourth-order valence-corrected chi connectivity index (χ4v) is 0.924. The molecule has 86 valence electrons. The lowest BCUT2D eigenvalue weighted by atomic mass is 10.4. The molecule has 0 saturated carbocycles. The fraction of sp³-hybridized carbons (Fsp3) is 0.250. The predicted octanol–water partition coefficient (Wildman–Crippen LogP) is -0.998. The minimum Gasteiger partial charge on any atom is -0.444 e. The maximum absolute atomic E-state index is 12.9. The Hall–Kier alpha value is -2.25. The molecule has 0 fully saturated rings. The first kappa shape index (κ1) is 11.8. The van der Waals surface area contributed by atoms with Crippen molar-refractivity contribution in [2.75, 3.05) is 0 Å². The third kappa shape index (κ3) is 2.62. The molecule has 0 aliphatic carbocycles. The summed E-state index contributed by atoms with van der Waals surface area (Å²) in [5, 5.41) is 0. The Labute approximate surface area is 88.6 Å². The Morgan fingerprint density at radius 3 is 2.75 bits per heavy atom. The van der Waals surface area contributed by atoms with Gasteiger partial charge in [-0.2, -0.15) is 4.39 Å². The van der Waals surface area contributed by atoms with E-state index in [0.29, 0.717) is 10.8 Å². The van der Waals surface area contributed by atoms with Gasteiger partial charge in [0.05, 0.1) is 6.20 Å². The molecule has 1 rings (SSSR count). The molecule has 0 spiro atoms. The largest absolute Gasteiger partial charge is 0.444 e. The van der Waals surface area contributed by atoms with Crippen molar-refractivity contribution in [3.63, 3.8) is 0 Å². The summed E-state index contributed by atoms with van der Waals surface area (Å²) in [6, 6.07) is 0. The van der Waals surface area contributed by atoms with Gasteiger partial charge in [0.2, 0.25) is 5.95 Å². The topological polar surface area (TPSA) is 104 Å². The number of nitrogens with zero attached hydrogens (tertiary/aromatic N) is 2. The highest BCUT2D eigenvalue weighted by atomic mass is 19.1. The Morgan fingerprint density at radius 2 is 2.25 bits per heavy atom. The summed E-state index contributed by atoms with van der Waals surface area (Å²) in [5.41, 5.74) is 3.15. The number of aromatic nitrogens is 2. The van der Waals surface area contributed by atoms with Gasteiger partial charge in [-0.1, -0.05) is 0 Å². The average Bonchev–Trinajstić information content (AvgIpc) is 2.18. The summed E-state index contributed by atoms with van der Waals surface area (Å²) in [6.07, 6.45) is 0.706. The van der Waals surface area contributed by atoms with E-state index < -0.39 is 35.8 Å². The van der Waals surface area contributed by atoms with Gasteiger partial charge in [0.25, 0.3) is 11.5 Å². The molecular weight excluding hydrogens is 221 g/mol. The minimum absolute atomic E-state index is 0.506. The molecule has 0 unspecified atom stereocenters. The van der Waals surface area contributed by atoms with Crippen molar-refractivity contribution in [3.05, 3.63) is 28.2 Å². The summed E-state index contributed by atoms with van der Waals surface area (Å²) >= 11 is 0. The number of hydrogen-bond donors (Lipinski definition) is 1. The van der Waals surface area contributed by atoms with E-state index in [1.807, 2.05) is 0 Å². The Morgan fingerprint density at radius 1 is 1.62 bits per heavy atom. The Balaban J connectivity index is 3.14. The van der Waals surface area contributed by atoms with Crippen LogP contribution >= 0.6 is 0 Å². The predicted molar refractivity (Wildman–Crippen MR) is 48.7 cm³/mol. The summed E-state index contributed by atoms with van der Waals surface area (Å²) in [5.74, 6) is -2.87. The van der Waals surface area contributed by atoms with Crippen LogP contribution in [-0.2, 0) is 16.3 Å². The number of primary amides is 1. The number of carbonyl (C=O) groups excluding carboxylic acids is 2. The second-order valence-corrected chi connectivity index (χ2v) is 2.82. The van der Waals surface area contributed by atoms with E-state index in [0.717, 1.165) is 6.92 Å². The molecule has 16 heavy (non-hydrogen) atoms. The first-order chi connectivity index (χ1) is 7.41. The van der Waals surface area contributed by atoms with Gasteiger partial charge in [-0.05, 0) is 0 Å². The van der Waals surface area contributed by atoms with Gasteiger partial charge in [-0.25, -0.2) is 4.98 Å². The molecule has 1 aromatic heterocycles. The highest BCUT2D eigenvalue weighted by molar-refractivity contribution is 5.90. The monoisotopic (exact) mass is 229 g/mol. The number of amides is 1. The zero-order valence-electron chi connectivity index (χ0n) is 8.27. The molecule has 2 N–H and O–H groups in total. The summed E-state index contributed by atoms with van der Waals surface area (Å²) < 4.78 is 18.0.